The monoisotopic (exact) mass is 164 g/mol. The third kappa shape index (κ3) is 0.761. The Balaban J connectivity index is 3.09. The van der Waals surface area contributed by atoms with Gasteiger partial charge >= 0.3 is 5.69 Å². The van der Waals surface area contributed by atoms with Crippen molar-refractivity contribution in [1.29, 1.82) is 0 Å². The molecule has 0 saturated carbocycles. The smallest absolute Gasteiger partial charge is 0.313 e. The number of hydrogen-bond donors (Lipinski definition) is 1. The van der Waals surface area contributed by atoms with Crippen LogP contribution in [0.2, 0.25) is 0 Å². The summed E-state index contributed by atoms with van der Waals surface area (Å²) >= 11 is 0. The number of fused-ring (bicyclic) bond motifs is 1. The van der Waals surface area contributed by atoms with Crippen molar-refractivity contribution in [3.8, 4) is 0 Å². The number of aromatic amines is 1. The molecule has 0 atom stereocenters. The molecule has 0 aromatic carbocycles. The van der Waals surface area contributed by atoms with Crippen LogP contribution in [0.15, 0.2) is 11.0 Å². The SMILES string of the molecule is Cc1c[nH]c(=O)n2c(C)nnc12. The van der Waals surface area contributed by atoms with Gasteiger partial charge < -0.3 is 4.98 Å². The van der Waals surface area contributed by atoms with Crippen molar-refractivity contribution in [2.45, 2.75) is 13.8 Å². The quantitative estimate of drug-likeness (QED) is 0.597. The van der Waals surface area contributed by atoms with Crippen molar-refractivity contribution < 1.29 is 0 Å². The van der Waals surface area contributed by atoms with E-state index in [0.29, 0.717) is 11.5 Å². The molecule has 12 heavy (non-hydrogen) atoms. The topological polar surface area (TPSA) is 63.0 Å². The molecule has 0 unspecified atom stereocenters. The predicted octanol–water partition coefficient (Wildman–Crippen LogP) is 0.0344. The molecule has 62 valence electrons. The lowest BCUT2D eigenvalue weighted by Gasteiger charge is -1.94. The molecule has 0 aliphatic carbocycles. The Hall–Kier alpha value is -1.65. The van der Waals surface area contributed by atoms with Gasteiger partial charge in [0.05, 0.1) is 0 Å². The summed E-state index contributed by atoms with van der Waals surface area (Å²) < 4.78 is 1.45. The molecule has 0 bridgehead atoms. The maximum absolute atomic E-state index is 11.2. The van der Waals surface area contributed by atoms with Crippen LogP contribution in [-0.4, -0.2) is 19.6 Å². The van der Waals surface area contributed by atoms with Gasteiger partial charge in [0, 0.05) is 11.8 Å². The first-order valence-electron chi connectivity index (χ1n) is 3.60. The molecule has 2 aromatic rings. The van der Waals surface area contributed by atoms with Crippen LogP contribution in [0.3, 0.4) is 0 Å². The van der Waals surface area contributed by atoms with Gasteiger partial charge in [-0.25, -0.2) is 9.20 Å². The van der Waals surface area contributed by atoms with E-state index in [9.17, 15) is 4.79 Å². The fourth-order valence-corrected chi connectivity index (χ4v) is 1.16. The van der Waals surface area contributed by atoms with Crippen LogP contribution in [0.1, 0.15) is 11.4 Å². The van der Waals surface area contributed by atoms with E-state index in [1.807, 2.05) is 6.92 Å². The van der Waals surface area contributed by atoms with Crippen molar-refractivity contribution in [3.05, 3.63) is 28.1 Å². The second-order valence-electron chi connectivity index (χ2n) is 2.68. The third-order valence-corrected chi connectivity index (χ3v) is 1.79. The lowest BCUT2D eigenvalue weighted by molar-refractivity contribution is 0.930. The molecule has 0 saturated heterocycles. The highest BCUT2D eigenvalue weighted by atomic mass is 16.1. The zero-order chi connectivity index (χ0) is 8.72. The van der Waals surface area contributed by atoms with Crippen molar-refractivity contribution in [2.24, 2.45) is 0 Å². The van der Waals surface area contributed by atoms with Crippen LogP contribution in [-0.2, 0) is 0 Å². The highest BCUT2D eigenvalue weighted by molar-refractivity contribution is 5.44. The van der Waals surface area contributed by atoms with Gasteiger partial charge in [0.1, 0.15) is 5.82 Å². The lowest BCUT2D eigenvalue weighted by Crippen LogP contribution is -2.17. The molecule has 0 spiro atoms. The van der Waals surface area contributed by atoms with Crippen molar-refractivity contribution in [2.75, 3.05) is 0 Å². The summed E-state index contributed by atoms with van der Waals surface area (Å²) in [6.45, 7) is 3.62. The average Bonchev–Trinajstić information content (AvgIpc) is 2.42. The molecule has 0 aliphatic heterocycles. The van der Waals surface area contributed by atoms with Gasteiger partial charge in [-0.15, -0.1) is 10.2 Å². The van der Waals surface area contributed by atoms with Crippen LogP contribution in [0, 0.1) is 13.8 Å². The lowest BCUT2D eigenvalue weighted by atomic mass is 10.4. The number of H-pyrrole nitrogens is 1. The van der Waals surface area contributed by atoms with Gasteiger partial charge in [0.15, 0.2) is 5.65 Å². The van der Waals surface area contributed by atoms with Crippen LogP contribution in [0.4, 0.5) is 0 Å². The molecule has 5 nitrogen and oxygen atoms in total. The minimum absolute atomic E-state index is 0.196. The summed E-state index contributed by atoms with van der Waals surface area (Å²) in [7, 11) is 0. The third-order valence-electron chi connectivity index (χ3n) is 1.79. The minimum atomic E-state index is -0.196. The summed E-state index contributed by atoms with van der Waals surface area (Å²) in [6.07, 6.45) is 1.63. The Morgan fingerprint density at radius 2 is 2.17 bits per heavy atom. The molecular weight excluding hydrogens is 156 g/mol. The summed E-state index contributed by atoms with van der Waals surface area (Å²) in [5.41, 5.74) is 1.34. The fourth-order valence-electron chi connectivity index (χ4n) is 1.16. The van der Waals surface area contributed by atoms with E-state index in [1.54, 1.807) is 13.1 Å². The van der Waals surface area contributed by atoms with Gasteiger partial charge in [-0.05, 0) is 13.8 Å². The van der Waals surface area contributed by atoms with Crippen LogP contribution in [0.5, 0.6) is 0 Å². The van der Waals surface area contributed by atoms with E-state index in [1.165, 1.54) is 4.40 Å². The van der Waals surface area contributed by atoms with Crippen molar-refractivity contribution >= 4 is 5.65 Å². The molecule has 2 heterocycles. The molecule has 2 rings (SSSR count). The largest absolute Gasteiger partial charge is 0.332 e. The number of hydrogen-bond acceptors (Lipinski definition) is 3. The maximum Gasteiger partial charge on any atom is 0.332 e. The van der Waals surface area contributed by atoms with E-state index in [0.717, 1.165) is 5.56 Å². The summed E-state index contributed by atoms with van der Waals surface area (Å²) in [4.78, 5) is 13.8. The minimum Gasteiger partial charge on any atom is -0.313 e. The Kier molecular flexibility index (Phi) is 1.27. The molecule has 1 N–H and O–H groups in total. The van der Waals surface area contributed by atoms with Crippen LogP contribution >= 0.6 is 0 Å². The summed E-state index contributed by atoms with van der Waals surface area (Å²) in [6, 6.07) is 0. The Bertz CT molecular complexity index is 482. The number of nitrogens with one attached hydrogen (secondary N) is 1. The maximum atomic E-state index is 11.2. The highest BCUT2D eigenvalue weighted by Gasteiger charge is 2.05. The molecular formula is C7H8N4O. The van der Waals surface area contributed by atoms with E-state index in [4.69, 9.17) is 0 Å². The number of rotatable bonds is 0. The van der Waals surface area contributed by atoms with E-state index < -0.39 is 0 Å². The van der Waals surface area contributed by atoms with Crippen LogP contribution in [0.25, 0.3) is 5.65 Å². The van der Waals surface area contributed by atoms with Gasteiger partial charge in [-0.2, -0.15) is 0 Å². The summed E-state index contributed by atoms with van der Waals surface area (Å²) in [5, 5.41) is 7.68. The zero-order valence-electron chi connectivity index (χ0n) is 6.83. The second-order valence-corrected chi connectivity index (χ2v) is 2.68. The van der Waals surface area contributed by atoms with Gasteiger partial charge in [-0.1, -0.05) is 0 Å². The number of aromatic nitrogens is 4. The average molecular weight is 164 g/mol. The zero-order valence-corrected chi connectivity index (χ0v) is 6.83. The first-order valence-corrected chi connectivity index (χ1v) is 3.60. The first-order chi connectivity index (χ1) is 5.70. The Labute approximate surface area is 68.1 Å². The normalized spacial score (nSPS) is 10.8. The van der Waals surface area contributed by atoms with E-state index in [2.05, 4.69) is 15.2 Å². The Morgan fingerprint density at radius 1 is 1.42 bits per heavy atom. The Morgan fingerprint density at radius 3 is 2.83 bits per heavy atom. The first kappa shape index (κ1) is 7.02. The predicted molar refractivity (Wildman–Crippen MR) is 43.1 cm³/mol. The number of aryl methyl sites for hydroxylation is 2. The molecule has 2 aromatic heterocycles. The molecule has 0 aliphatic rings. The summed E-state index contributed by atoms with van der Waals surface area (Å²) in [5.74, 6) is 0.606. The molecule has 5 heteroatoms. The van der Waals surface area contributed by atoms with Gasteiger partial charge in [0.2, 0.25) is 0 Å². The molecule has 0 radical (unpaired) electrons. The number of nitrogens with zero attached hydrogens (tertiary/aromatic N) is 3. The van der Waals surface area contributed by atoms with Gasteiger partial charge in [0.25, 0.3) is 0 Å². The van der Waals surface area contributed by atoms with E-state index >= 15 is 0 Å². The second kappa shape index (κ2) is 2.17. The molecule has 0 fully saturated rings. The fraction of sp³-hybridized carbons (Fsp3) is 0.286. The highest BCUT2D eigenvalue weighted by Crippen LogP contribution is 2.02. The van der Waals surface area contributed by atoms with Gasteiger partial charge in [-0.3, -0.25) is 0 Å². The molecule has 0 amide bonds. The van der Waals surface area contributed by atoms with Crippen LogP contribution < -0.4 is 5.69 Å². The van der Waals surface area contributed by atoms with Crippen molar-refractivity contribution in [3.63, 3.8) is 0 Å². The van der Waals surface area contributed by atoms with E-state index in [-0.39, 0.29) is 5.69 Å². The standard InChI is InChI=1S/C7H8N4O/c1-4-3-8-7(12)11-5(2)9-10-6(4)11/h3H,1-2H3,(H,8,12). The van der Waals surface area contributed by atoms with Crippen molar-refractivity contribution in [1.82, 2.24) is 19.6 Å².